The molecule has 0 amide bonds. The van der Waals surface area contributed by atoms with Gasteiger partial charge in [-0.05, 0) is 55.3 Å². The number of rotatable bonds is 4. The highest BCUT2D eigenvalue weighted by Crippen LogP contribution is 2.28. The van der Waals surface area contributed by atoms with Gasteiger partial charge in [0.25, 0.3) is 0 Å². The van der Waals surface area contributed by atoms with E-state index in [1.54, 1.807) is 6.07 Å². The van der Waals surface area contributed by atoms with Crippen molar-refractivity contribution in [2.24, 2.45) is 5.73 Å². The minimum Gasteiger partial charge on any atom is -0.484 e. The molecule has 106 valence electrons. The monoisotopic (exact) mass is 337 g/mol. The van der Waals surface area contributed by atoms with Gasteiger partial charge in [0.2, 0.25) is 0 Å². The molecule has 0 saturated carbocycles. The summed E-state index contributed by atoms with van der Waals surface area (Å²) in [4.78, 5) is 0. The van der Waals surface area contributed by atoms with E-state index in [-0.39, 0.29) is 18.0 Å². The molecule has 0 bridgehead atoms. The molecule has 2 nitrogen and oxygen atoms in total. The zero-order chi connectivity index (χ0) is 14.7. The van der Waals surface area contributed by atoms with Gasteiger partial charge >= 0.3 is 0 Å². The molecule has 0 heterocycles. The maximum absolute atomic E-state index is 13.1. The van der Waals surface area contributed by atoms with E-state index < -0.39 is 0 Å². The molecular formula is C16H17BrFNO. The summed E-state index contributed by atoms with van der Waals surface area (Å²) in [5.74, 6) is 0.382. The third kappa shape index (κ3) is 3.58. The summed E-state index contributed by atoms with van der Waals surface area (Å²) in [6, 6.07) is 12.1. The second kappa shape index (κ2) is 6.37. The van der Waals surface area contributed by atoms with Crippen LogP contribution in [0.15, 0.2) is 46.9 Å². The molecule has 0 fully saturated rings. The Kier molecular flexibility index (Phi) is 4.78. The van der Waals surface area contributed by atoms with E-state index in [9.17, 15) is 4.39 Å². The first kappa shape index (κ1) is 15.0. The zero-order valence-electron chi connectivity index (χ0n) is 11.4. The number of benzene rings is 2. The van der Waals surface area contributed by atoms with Crippen molar-refractivity contribution in [1.29, 1.82) is 0 Å². The minimum atomic E-state index is -0.271. The molecule has 0 aliphatic rings. The molecule has 0 aromatic heterocycles. The van der Waals surface area contributed by atoms with Gasteiger partial charge in [0.1, 0.15) is 17.7 Å². The lowest BCUT2D eigenvalue weighted by molar-refractivity contribution is 0.179. The van der Waals surface area contributed by atoms with Gasteiger partial charge in [-0.3, -0.25) is 0 Å². The Morgan fingerprint density at radius 3 is 2.35 bits per heavy atom. The van der Waals surface area contributed by atoms with Gasteiger partial charge in [-0.15, -0.1) is 0 Å². The van der Waals surface area contributed by atoms with E-state index in [1.807, 2.05) is 38.1 Å². The molecule has 20 heavy (non-hydrogen) atoms. The van der Waals surface area contributed by atoms with Gasteiger partial charge in [-0.25, -0.2) is 4.39 Å². The SMILES string of the molecule is Cc1cc(F)ccc1OC(c1ccc(Br)cc1)C(C)N. The van der Waals surface area contributed by atoms with Gasteiger partial charge in [0.15, 0.2) is 0 Å². The molecule has 0 saturated heterocycles. The number of ether oxygens (including phenoxy) is 1. The van der Waals surface area contributed by atoms with Crippen molar-refractivity contribution >= 4 is 15.9 Å². The van der Waals surface area contributed by atoms with Crippen LogP contribution in [0.3, 0.4) is 0 Å². The van der Waals surface area contributed by atoms with Gasteiger partial charge < -0.3 is 10.5 Å². The fourth-order valence-corrected chi connectivity index (χ4v) is 2.28. The van der Waals surface area contributed by atoms with E-state index in [4.69, 9.17) is 10.5 Å². The minimum absolute atomic E-state index is 0.180. The van der Waals surface area contributed by atoms with Crippen LogP contribution in [-0.4, -0.2) is 6.04 Å². The molecule has 0 aliphatic heterocycles. The summed E-state index contributed by atoms with van der Waals surface area (Å²) in [5.41, 5.74) is 7.77. The summed E-state index contributed by atoms with van der Waals surface area (Å²) in [6.45, 7) is 3.71. The Morgan fingerprint density at radius 1 is 1.15 bits per heavy atom. The lowest BCUT2D eigenvalue weighted by Gasteiger charge is -2.24. The molecule has 2 N–H and O–H groups in total. The lowest BCUT2D eigenvalue weighted by Crippen LogP contribution is -2.29. The van der Waals surface area contributed by atoms with E-state index in [0.717, 1.165) is 15.6 Å². The standard InChI is InChI=1S/C16H17BrFNO/c1-10-9-14(18)7-8-15(10)20-16(11(2)19)12-3-5-13(17)6-4-12/h3-9,11,16H,19H2,1-2H3. The van der Waals surface area contributed by atoms with Gasteiger partial charge in [-0.2, -0.15) is 0 Å². The van der Waals surface area contributed by atoms with E-state index >= 15 is 0 Å². The summed E-state index contributed by atoms with van der Waals surface area (Å²) in [5, 5.41) is 0. The average molecular weight is 338 g/mol. The molecule has 0 spiro atoms. The molecule has 2 rings (SSSR count). The maximum atomic E-state index is 13.1. The van der Waals surface area contributed by atoms with Crippen molar-refractivity contribution in [1.82, 2.24) is 0 Å². The Morgan fingerprint density at radius 2 is 1.80 bits per heavy atom. The quantitative estimate of drug-likeness (QED) is 0.899. The Hall–Kier alpha value is -1.39. The second-order valence-electron chi connectivity index (χ2n) is 4.86. The summed E-state index contributed by atoms with van der Waals surface area (Å²) < 4.78 is 20.1. The van der Waals surface area contributed by atoms with Gasteiger partial charge in [-0.1, -0.05) is 28.1 Å². The lowest BCUT2D eigenvalue weighted by atomic mass is 10.0. The van der Waals surface area contributed by atoms with E-state index in [1.165, 1.54) is 12.1 Å². The van der Waals surface area contributed by atoms with Crippen LogP contribution < -0.4 is 10.5 Å². The molecule has 0 aliphatic carbocycles. The van der Waals surface area contributed by atoms with Crippen LogP contribution in [0.25, 0.3) is 0 Å². The van der Waals surface area contributed by atoms with E-state index in [2.05, 4.69) is 15.9 Å². The number of hydrogen-bond donors (Lipinski definition) is 1. The van der Waals surface area contributed by atoms with Gasteiger partial charge in [0, 0.05) is 10.5 Å². The van der Waals surface area contributed by atoms with Crippen LogP contribution in [0.1, 0.15) is 24.2 Å². The predicted octanol–water partition coefficient (Wildman–Crippen LogP) is 4.36. The fourth-order valence-electron chi connectivity index (χ4n) is 2.01. The van der Waals surface area contributed by atoms with Crippen molar-refractivity contribution in [3.05, 3.63) is 63.9 Å². The topological polar surface area (TPSA) is 35.2 Å². The second-order valence-corrected chi connectivity index (χ2v) is 5.77. The Labute approximate surface area is 126 Å². The maximum Gasteiger partial charge on any atom is 0.138 e. The number of halogens is 2. The van der Waals surface area contributed by atoms with Gasteiger partial charge in [0.05, 0.1) is 0 Å². The van der Waals surface area contributed by atoms with Crippen LogP contribution in [-0.2, 0) is 0 Å². The summed E-state index contributed by atoms with van der Waals surface area (Å²) in [6.07, 6.45) is -0.271. The van der Waals surface area contributed by atoms with E-state index in [0.29, 0.717) is 5.75 Å². The first-order valence-corrected chi connectivity index (χ1v) is 7.20. The third-order valence-corrected chi connectivity index (χ3v) is 3.60. The van der Waals surface area contributed by atoms with Crippen molar-refractivity contribution in [3.8, 4) is 5.75 Å². The van der Waals surface area contributed by atoms with Crippen molar-refractivity contribution in [3.63, 3.8) is 0 Å². The highest BCUT2D eigenvalue weighted by Gasteiger charge is 2.19. The number of nitrogens with two attached hydrogens (primary N) is 1. The van der Waals surface area contributed by atoms with Crippen molar-refractivity contribution in [2.75, 3.05) is 0 Å². The largest absolute Gasteiger partial charge is 0.484 e. The molecular weight excluding hydrogens is 321 g/mol. The molecule has 2 atom stereocenters. The molecule has 2 unspecified atom stereocenters. The molecule has 2 aromatic carbocycles. The zero-order valence-corrected chi connectivity index (χ0v) is 13.0. The first-order chi connectivity index (χ1) is 9.47. The predicted molar refractivity (Wildman–Crippen MR) is 82.3 cm³/mol. The van der Waals surface area contributed by atoms with Crippen LogP contribution in [0.4, 0.5) is 4.39 Å². The molecule has 4 heteroatoms. The Bertz CT molecular complexity index is 584. The van der Waals surface area contributed by atoms with Crippen molar-refractivity contribution < 1.29 is 9.13 Å². The first-order valence-electron chi connectivity index (χ1n) is 6.41. The van der Waals surface area contributed by atoms with Crippen LogP contribution in [0, 0.1) is 12.7 Å². The average Bonchev–Trinajstić information content (AvgIpc) is 2.39. The molecule has 0 radical (unpaired) electrons. The van der Waals surface area contributed by atoms with Crippen molar-refractivity contribution in [2.45, 2.75) is 26.0 Å². The van der Waals surface area contributed by atoms with Crippen LogP contribution >= 0.6 is 15.9 Å². The fraction of sp³-hybridized carbons (Fsp3) is 0.250. The van der Waals surface area contributed by atoms with Crippen LogP contribution in [0.2, 0.25) is 0 Å². The third-order valence-electron chi connectivity index (χ3n) is 3.07. The highest BCUT2D eigenvalue weighted by atomic mass is 79.9. The molecule has 2 aromatic rings. The Balaban J connectivity index is 2.28. The van der Waals surface area contributed by atoms with Crippen LogP contribution in [0.5, 0.6) is 5.75 Å². The normalized spacial score (nSPS) is 13.8. The number of aryl methyl sites for hydroxylation is 1. The number of hydrogen-bond acceptors (Lipinski definition) is 2. The summed E-state index contributed by atoms with van der Waals surface area (Å²) >= 11 is 3.40. The smallest absolute Gasteiger partial charge is 0.138 e. The highest BCUT2D eigenvalue weighted by molar-refractivity contribution is 9.10. The summed E-state index contributed by atoms with van der Waals surface area (Å²) in [7, 11) is 0.